The van der Waals surface area contributed by atoms with E-state index >= 15 is 0 Å². The lowest BCUT2D eigenvalue weighted by molar-refractivity contribution is 1.12. The van der Waals surface area contributed by atoms with Crippen LogP contribution in [0, 0.1) is 0 Å². The quantitative estimate of drug-likeness (QED) is 0.255. The van der Waals surface area contributed by atoms with Crippen molar-refractivity contribution < 1.29 is 0 Å². The van der Waals surface area contributed by atoms with Gasteiger partial charge in [0.25, 0.3) is 0 Å². The summed E-state index contributed by atoms with van der Waals surface area (Å²) in [6.45, 7) is 10.1. The van der Waals surface area contributed by atoms with Crippen molar-refractivity contribution in [3.05, 3.63) is 64.4 Å². The third kappa shape index (κ3) is 5.04. The standard InChI is InChI=1S/C20H24Br4Si2/c1-25(2)9-13-5-15(19(23)7-17(13)21)11-26(3,4)12-16-6-14(10-25)18(22)8-20(16)24/h5-8H,9-12H2,1-4H3. The second kappa shape index (κ2) is 7.90. The molecule has 0 aromatic heterocycles. The largest absolute Gasteiger partial charge is 0.0689 e. The summed E-state index contributed by atoms with van der Waals surface area (Å²) in [5.74, 6) is 0. The van der Waals surface area contributed by atoms with Gasteiger partial charge in [0.05, 0.1) is 16.1 Å². The van der Waals surface area contributed by atoms with E-state index in [1.807, 2.05) is 0 Å². The monoisotopic (exact) mass is 636 g/mol. The Bertz CT molecular complexity index is 729. The maximum absolute atomic E-state index is 3.82. The van der Waals surface area contributed by atoms with E-state index in [4.69, 9.17) is 0 Å². The summed E-state index contributed by atoms with van der Waals surface area (Å²) in [5, 5.41) is 0. The van der Waals surface area contributed by atoms with Crippen molar-refractivity contribution in [1.82, 2.24) is 0 Å². The van der Waals surface area contributed by atoms with E-state index < -0.39 is 16.1 Å². The lowest BCUT2D eigenvalue weighted by Crippen LogP contribution is -2.36. The second-order valence-corrected chi connectivity index (χ2v) is 22.6. The van der Waals surface area contributed by atoms with Crippen molar-refractivity contribution in [2.24, 2.45) is 0 Å². The van der Waals surface area contributed by atoms with Gasteiger partial charge in [0.1, 0.15) is 0 Å². The number of halogens is 4. The predicted octanol–water partition coefficient (Wildman–Crippen LogP) is 8.19. The molecule has 0 fully saturated rings. The Morgan fingerprint density at radius 1 is 0.500 bits per heavy atom. The van der Waals surface area contributed by atoms with E-state index in [0.29, 0.717) is 0 Å². The third-order valence-electron chi connectivity index (χ3n) is 5.11. The lowest BCUT2D eigenvalue weighted by atomic mass is 10.1. The summed E-state index contributed by atoms with van der Waals surface area (Å²) in [6, 6.07) is 14.3. The van der Waals surface area contributed by atoms with E-state index in [1.54, 1.807) is 0 Å². The van der Waals surface area contributed by atoms with Crippen LogP contribution in [-0.2, 0) is 24.2 Å². The summed E-state index contributed by atoms with van der Waals surface area (Å²) in [7, 11) is -2.86. The lowest BCUT2D eigenvalue weighted by Gasteiger charge is -2.29. The minimum absolute atomic E-state index is 1.20. The summed E-state index contributed by atoms with van der Waals surface area (Å²) in [5.41, 5.74) is 5.94. The molecule has 0 saturated carbocycles. The van der Waals surface area contributed by atoms with Crippen LogP contribution in [0.4, 0.5) is 0 Å². The Balaban J connectivity index is 2.16. The average Bonchev–Trinajstić information content (AvgIpc) is 2.47. The summed E-state index contributed by atoms with van der Waals surface area (Å²) >= 11 is 15.3. The van der Waals surface area contributed by atoms with Gasteiger partial charge in [-0.05, 0) is 58.6 Å². The minimum atomic E-state index is -1.43. The van der Waals surface area contributed by atoms with Crippen LogP contribution in [0.15, 0.2) is 42.2 Å². The molecule has 4 bridgehead atoms. The number of hydrogen-bond donors (Lipinski definition) is 0. The van der Waals surface area contributed by atoms with E-state index in [1.165, 1.54) is 64.3 Å². The van der Waals surface area contributed by atoms with E-state index in [2.05, 4.69) is 114 Å². The number of benzene rings is 2. The first kappa shape index (κ1) is 21.5. The summed E-state index contributed by atoms with van der Waals surface area (Å²) in [6.07, 6.45) is 0. The molecule has 0 nitrogen and oxygen atoms in total. The van der Waals surface area contributed by atoms with Crippen molar-refractivity contribution in [3.8, 4) is 0 Å². The van der Waals surface area contributed by atoms with Crippen molar-refractivity contribution >= 4 is 79.9 Å². The molecule has 2 aromatic rings. The predicted molar refractivity (Wildman–Crippen MR) is 133 cm³/mol. The van der Waals surface area contributed by atoms with Gasteiger partial charge in [-0.15, -0.1) is 0 Å². The zero-order chi connectivity index (χ0) is 19.3. The van der Waals surface area contributed by atoms with Gasteiger partial charge >= 0.3 is 0 Å². The first-order valence-corrected chi connectivity index (χ1v) is 18.9. The van der Waals surface area contributed by atoms with Crippen molar-refractivity contribution in [1.29, 1.82) is 0 Å². The van der Waals surface area contributed by atoms with Crippen molar-refractivity contribution in [2.45, 2.75) is 50.4 Å². The fourth-order valence-corrected chi connectivity index (χ4v) is 13.1. The number of fused-ring (bicyclic) bond motifs is 4. The third-order valence-corrected chi connectivity index (χ3v) is 13.4. The van der Waals surface area contributed by atoms with Crippen molar-refractivity contribution in [2.75, 3.05) is 0 Å². The van der Waals surface area contributed by atoms with Crippen LogP contribution in [0.25, 0.3) is 0 Å². The molecule has 0 N–H and O–H groups in total. The van der Waals surface area contributed by atoms with Crippen molar-refractivity contribution in [3.63, 3.8) is 0 Å². The molecule has 0 aliphatic carbocycles. The molecule has 0 spiro atoms. The fraction of sp³-hybridized carbons (Fsp3) is 0.400. The summed E-state index contributed by atoms with van der Waals surface area (Å²) < 4.78 is 5.00. The molecule has 6 heteroatoms. The van der Waals surface area contributed by atoms with Gasteiger partial charge in [0.15, 0.2) is 0 Å². The summed E-state index contributed by atoms with van der Waals surface area (Å²) in [4.78, 5) is 0. The highest BCUT2D eigenvalue weighted by Gasteiger charge is 2.29. The molecule has 3 rings (SSSR count). The Kier molecular flexibility index (Phi) is 6.54. The van der Waals surface area contributed by atoms with Gasteiger partial charge in [-0.1, -0.05) is 102 Å². The maximum atomic E-state index is 3.82. The molecule has 26 heavy (non-hydrogen) atoms. The molecular weight excluding hydrogens is 616 g/mol. The SMILES string of the molecule is C[Si]1(C)Cc2cc(c(Br)cc2Br)C[Si](C)(C)Cc2cc(c(Br)cc2Br)C1. The van der Waals surface area contributed by atoms with Crippen LogP contribution in [0.3, 0.4) is 0 Å². The first-order chi connectivity index (χ1) is 12.0. The molecule has 0 atom stereocenters. The molecule has 1 aliphatic rings. The van der Waals surface area contributed by atoms with Gasteiger partial charge in [0.2, 0.25) is 0 Å². The number of hydrogen-bond acceptors (Lipinski definition) is 0. The molecule has 0 radical (unpaired) electrons. The van der Waals surface area contributed by atoms with E-state index in [0.717, 1.165) is 0 Å². The molecule has 0 unspecified atom stereocenters. The maximum Gasteiger partial charge on any atom is 0.0562 e. The smallest absolute Gasteiger partial charge is 0.0562 e. The van der Waals surface area contributed by atoms with Crippen LogP contribution in [0.5, 0.6) is 0 Å². The number of rotatable bonds is 0. The second-order valence-electron chi connectivity index (χ2n) is 9.11. The van der Waals surface area contributed by atoms with E-state index in [9.17, 15) is 0 Å². The highest BCUT2D eigenvalue weighted by atomic mass is 79.9. The topological polar surface area (TPSA) is 0 Å². The van der Waals surface area contributed by atoms with Gasteiger partial charge < -0.3 is 0 Å². The molecule has 140 valence electrons. The average molecular weight is 640 g/mol. The van der Waals surface area contributed by atoms with Gasteiger partial charge in [-0.25, -0.2) is 0 Å². The zero-order valence-electron chi connectivity index (χ0n) is 15.6. The Hall–Kier alpha value is 0.794. The Labute approximate surface area is 193 Å². The van der Waals surface area contributed by atoms with Gasteiger partial charge in [-0.3, -0.25) is 0 Å². The molecule has 1 aliphatic heterocycles. The zero-order valence-corrected chi connectivity index (χ0v) is 24.0. The van der Waals surface area contributed by atoms with E-state index in [-0.39, 0.29) is 0 Å². The molecule has 0 saturated heterocycles. The first-order valence-electron chi connectivity index (χ1n) is 8.89. The van der Waals surface area contributed by atoms with Gasteiger partial charge in [0, 0.05) is 17.9 Å². The van der Waals surface area contributed by atoms with Crippen LogP contribution < -0.4 is 0 Å². The van der Waals surface area contributed by atoms with Crippen LogP contribution in [-0.4, -0.2) is 16.1 Å². The van der Waals surface area contributed by atoms with Gasteiger partial charge in [-0.2, -0.15) is 0 Å². The normalized spacial score (nSPS) is 18.8. The Morgan fingerprint density at radius 3 is 0.962 bits per heavy atom. The Morgan fingerprint density at radius 2 is 0.731 bits per heavy atom. The van der Waals surface area contributed by atoms with Crippen LogP contribution in [0.1, 0.15) is 22.3 Å². The minimum Gasteiger partial charge on any atom is -0.0689 e. The molecule has 2 aromatic carbocycles. The highest BCUT2D eigenvalue weighted by molar-refractivity contribution is 9.11. The molecular formula is C20H24Br4Si2. The van der Waals surface area contributed by atoms with Crippen LogP contribution >= 0.6 is 63.7 Å². The molecule has 0 amide bonds. The molecule has 1 heterocycles. The fourth-order valence-electron chi connectivity index (χ4n) is 4.02. The highest BCUT2D eigenvalue weighted by Crippen LogP contribution is 2.35. The van der Waals surface area contributed by atoms with Crippen LogP contribution in [0.2, 0.25) is 26.2 Å².